The highest BCUT2D eigenvalue weighted by Crippen LogP contribution is 2.54. The van der Waals surface area contributed by atoms with Gasteiger partial charge in [-0.25, -0.2) is 19.9 Å². The minimum absolute atomic E-state index is 0.202. The second-order valence-electron chi connectivity index (χ2n) is 10.4. The molecular weight excluding hydrogens is 510 g/mol. The molecule has 7 heteroatoms. The summed E-state index contributed by atoms with van der Waals surface area (Å²) in [5.74, 6) is 2.73. The van der Waals surface area contributed by atoms with E-state index in [0.717, 1.165) is 17.9 Å². The number of nitrogens with two attached hydrogens (primary N) is 2. The molecule has 38 heavy (non-hydrogen) atoms. The fourth-order valence-electron chi connectivity index (χ4n) is 4.52. The molecule has 1 heterocycles. The van der Waals surface area contributed by atoms with Gasteiger partial charge >= 0.3 is 0 Å². The number of hydrogen-bond acceptors (Lipinski definition) is 3. The van der Waals surface area contributed by atoms with Gasteiger partial charge in [-0.1, -0.05) is 123 Å². The van der Waals surface area contributed by atoms with Crippen LogP contribution in [0.15, 0.2) is 30.6 Å². The highest BCUT2D eigenvalue weighted by molar-refractivity contribution is 8.93. The normalized spacial score (nSPS) is 13.3. The summed E-state index contributed by atoms with van der Waals surface area (Å²) >= 11 is 0. The fourth-order valence-corrected chi connectivity index (χ4v) is 12.3. The van der Waals surface area contributed by atoms with Crippen molar-refractivity contribution in [3.05, 3.63) is 30.6 Å². The number of pyridine rings is 1. The summed E-state index contributed by atoms with van der Waals surface area (Å²) in [5, 5.41) is 0. The molecule has 2 atom stereocenters. The highest BCUT2D eigenvalue weighted by atomic mass is 33.2. The molecule has 0 bridgehead atoms. The van der Waals surface area contributed by atoms with Crippen LogP contribution in [0.1, 0.15) is 129 Å². The SMILES string of the molecule is CCCCCCCCCCCCCCCC[SH](CC(N)=O)[SH](CCCCCC)CC(N)=O.c1ccncc1. The molecule has 2 amide bonds. The van der Waals surface area contributed by atoms with Crippen LogP contribution in [0.5, 0.6) is 0 Å². The number of carbonyl (C=O) groups is 2. The molecule has 0 spiro atoms. The number of aromatic nitrogens is 1. The van der Waals surface area contributed by atoms with Crippen LogP contribution in [-0.4, -0.2) is 39.8 Å². The van der Waals surface area contributed by atoms with Crippen molar-refractivity contribution < 1.29 is 9.59 Å². The second-order valence-corrected chi connectivity index (χ2v) is 17.3. The van der Waals surface area contributed by atoms with E-state index in [4.69, 9.17) is 11.5 Å². The fraction of sp³-hybridized carbons (Fsp3) is 0.774. The van der Waals surface area contributed by atoms with Crippen LogP contribution in [0, 0.1) is 0 Å². The number of rotatable bonds is 25. The Morgan fingerprint density at radius 3 is 1.11 bits per heavy atom. The van der Waals surface area contributed by atoms with Gasteiger partial charge in [0, 0.05) is 12.4 Å². The Hall–Kier alpha value is -1.21. The molecule has 1 aromatic rings. The lowest BCUT2D eigenvalue weighted by atomic mass is 10.0. The Morgan fingerprint density at radius 1 is 0.526 bits per heavy atom. The van der Waals surface area contributed by atoms with Gasteiger partial charge in [0.25, 0.3) is 0 Å². The van der Waals surface area contributed by atoms with Crippen LogP contribution in [0.3, 0.4) is 0 Å². The molecule has 0 aromatic carbocycles. The predicted octanol–water partition coefficient (Wildman–Crippen LogP) is 8.02. The Kier molecular flexibility index (Phi) is 27.9. The first kappa shape index (κ1) is 36.8. The van der Waals surface area contributed by atoms with Crippen molar-refractivity contribution in [3.8, 4) is 0 Å². The first-order chi connectivity index (χ1) is 18.5. The van der Waals surface area contributed by atoms with Crippen molar-refractivity contribution >= 4 is 31.7 Å². The van der Waals surface area contributed by atoms with Gasteiger partial charge in [-0.3, -0.25) is 14.6 Å². The van der Waals surface area contributed by atoms with Gasteiger partial charge in [0.1, 0.15) is 0 Å². The highest BCUT2D eigenvalue weighted by Gasteiger charge is 2.18. The molecule has 2 unspecified atom stereocenters. The molecule has 0 aliphatic carbocycles. The lowest BCUT2D eigenvalue weighted by molar-refractivity contribution is -0.116. The molecule has 5 nitrogen and oxygen atoms in total. The van der Waals surface area contributed by atoms with Gasteiger partial charge in [-0.15, -0.1) is 0 Å². The second kappa shape index (κ2) is 28.8. The average Bonchev–Trinajstić information content (AvgIpc) is 2.91. The first-order valence-electron chi connectivity index (χ1n) is 15.4. The average molecular weight is 572 g/mol. The van der Waals surface area contributed by atoms with Gasteiger partial charge in [0.15, 0.2) is 0 Å². The van der Waals surface area contributed by atoms with Crippen molar-refractivity contribution in [3.63, 3.8) is 0 Å². The third-order valence-corrected chi connectivity index (χ3v) is 14.9. The van der Waals surface area contributed by atoms with Gasteiger partial charge in [0.05, 0.1) is 11.5 Å². The smallest absolute Gasteiger partial charge is 0.226 e. The zero-order valence-corrected chi connectivity index (χ0v) is 26.5. The number of thiol groups is 2. The lowest BCUT2D eigenvalue weighted by Gasteiger charge is -2.33. The van der Waals surface area contributed by atoms with E-state index in [1.54, 1.807) is 12.4 Å². The summed E-state index contributed by atoms with van der Waals surface area (Å²) in [6.07, 6.45) is 27.3. The van der Waals surface area contributed by atoms with Gasteiger partial charge in [-0.2, -0.15) is 0 Å². The lowest BCUT2D eigenvalue weighted by Crippen LogP contribution is -2.21. The first-order valence-corrected chi connectivity index (χ1v) is 19.6. The molecule has 4 N–H and O–H groups in total. The number of nitrogens with zero attached hydrogens (tertiary/aromatic N) is 1. The van der Waals surface area contributed by atoms with E-state index in [-0.39, 0.29) is 11.8 Å². The molecular formula is C31H61N3O2S2. The molecule has 0 saturated carbocycles. The molecule has 0 radical (unpaired) electrons. The number of unbranched alkanes of at least 4 members (excludes halogenated alkanes) is 16. The minimum atomic E-state index is -0.468. The largest absolute Gasteiger partial charge is 0.369 e. The van der Waals surface area contributed by atoms with Crippen LogP contribution in [-0.2, 0) is 9.59 Å². The Morgan fingerprint density at radius 2 is 0.842 bits per heavy atom. The summed E-state index contributed by atoms with van der Waals surface area (Å²) < 4.78 is 0. The van der Waals surface area contributed by atoms with Gasteiger partial charge in [-0.05, 0) is 36.5 Å². The third-order valence-electron chi connectivity index (χ3n) is 6.68. The van der Waals surface area contributed by atoms with Crippen LogP contribution in [0.2, 0.25) is 0 Å². The molecule has 1 rings (SSSR count). The van der Waals surface area contributed by atoms with E-state index in [0.29, 0.717) is 11.5 Å². The predicted molar refractivity (Wildman–Crippen MR) is 175 cm³/mol. The molecule has 0 saturated heterocycles. The standard InChI is InChI=1S/C26H56N2O2S2.C5H5N/c1-3-5-7-9-10-11-12-13-14-15-16-17-18-20-22-32(24-26(28)30)31(23-25(27)29)21-19-8-6-4-2;1-2-4-6-5-3-1/h31-32H,3-24H2,1-2H3,(H2,27,29)(H2,28,30);1-5H. The summed E-state index contributed by atoms with van der Waals surface area (Å²) in [6.45, 7) is 4.49. The van der Waals surface area contributed by atoms with E-state index in [9.17, 15) is 9.59 Å². The molecule has 1 aromatic heterocycles. The van der Waals surface area contributed by atoms with E-state index in [1.165, 1.54) is 109 Å². The maximum Gasteiger partial charge on any atom is 0.226 e. The van der Waals surface area contributed by atoms with Gasteiger partial charge in [0.2, 0.25) is 11.8 Å². The summed E-state index contributed by atoms with van der Waals surface area (Å²) in [6, 6.07) is 5.72. The number of amides is 2. The quantitative estimate of drug-likeness (QED) is 0.0543. The zero-order valence-electron chi connectivity index (χ0n) is 24.8. The van der Waals surface area contributed by atoms with Crippen LogP contribution >= 0.6 is 19.9 Å². The molecule has 0 aliphatic heterocycles. The van der Waals surface area contributed by atoms with E-state index in [2.05, 4.69) is 18.8 Å². The Bertz CT molecular complexity index is 623. The van der Waals surface area contributed by atoms with Crippen LogP contribution in [0.4, 0.5) is 0 Å². The van der Waals surface area contributed by atoms with Crippen molar-refractivity contribution in [1.82, 2.24) is 4.98 Å². The van der Waals surface area contributed by atoms with Crippen LogP contribution < -0.4 is 11.5 Å². The Balaban J connectivity index is 0.00000198. The van der Waals surface area contributed by atoms with Crippen LogP contribution in [0.25, 0.3) is 0 Å². The zero-order chi connectivity index (χ0) is 28.1. The van der Waals surface area contributed by atoms with E-state index < -0.39 is 19.9 Å². The summed E-state index contributed by atoms with van der Waals surface area (Å²) in [4.78, 5) is 27.1. The summed E-state index contributed by atoms with van der Waals surface area (Å²) in [7, 11) is -0.933. The third kappa shape index (κ3) is 26.4. The monoisotopic (exact) mass is 571 g/mol. The number of carbonyl (C=O) groups excluding carboxylic acids is 2. The van der Waals surface area contributed by atoms with E-state index >= 15 is 0 Å². The molecule has 0 fully saturated rings. The van der Waals surface area contributed by atoms with Crippen molar-refractivity contribution in [2.45, 2.75) is 129 Å². The summed E-state index contributed by atoms with van der Waals surface area (Å²) in [5.41, 5.74) is 11.1. The van der Waals surface area contributed by atoms with Gasteiger partial charge < -0.3 is 11.5 Å². The number of primary amides is 2. The maximum absolute atomic E-state index is 11.7. The number of hydrogen-bond donors (Lipinski definition) is 4. The topological polar surface area (TPSA) is 99.1 Å². The Labute approximate surface area is 240 Å². The van der Waals surface area contributed by atoms with Crippen molar-refractivity contribution in [2.24, 2.45) is 11.5 Å². The van der Waals surface area contributed by atoms with Crippen molar-refractivity contribution in [1.29, 1.82) is 0 Å². The molecule has 224 valence electrons. The molecule has 0 aliphatic rings. The minimum Gasteiger partial charge on any atom is -0.369 e. The van der Waals surface area contributed by atoms with E-state index in [1.807, 2.05) is 18.2 Å². The maximum atomic E-state index is 11.7. The van der Waals surface area contributed by atoms with Crippen molar-refractivity contribution in [2.75, 3.05) is 23.0 Å².